The second-order valence-electron chi connectivity index (χ2n) is 3.99. The Kier molecular flexibility index (Phi) is 3.50. The van der Waals surface area contributed by atoms with Crippen molar-refractivity contribution in [3.05, 3.63) is 0 Å². The maximum absolute atomic E-state index is 11.2. The van der Waals surface area contributed by atoms with E-state index in [1.165, 1.54) is 0 Å². The Morgan fingerprint density at radius 3 is 2.71 bits per heavy atom. The Morgan fingerprint density at radius 1 is 1.71 bits per heavy atom. The van der Waals surface area contributed by atoms with E-state index >= 15 is 0 Å². The normalized spacial score (nSPS) is 34.4. The molecule has 0 radical (unpaired) electrons. The lowest BCUT2D eigenvalue weighted by Crippen LogP contribution is -2.40. The zero-order valence-electron chi connectivity index (χ0n) is 8.69. The van der Waals surface area contributed by atoms with Crippen molar-refractivity contribution in [1.82, 2.24) is 0 Å². The molecule has 0 bridgehead atoms. The smallest absolute Gasteiger partial charge is 0.312 e. The summed E-state index contributed by atoms with van der Waals surface area (Å²) in [5.41, 5.74) is -0.880. The molecule has 0 aromatic rings. The Labute approximate surface area is 83.9 Å². The summed E-state index contributed by atoms with van der Waals surface area (Å²) < 4.78 is 5.28. The minimum absolute atomic E-state index is 0.292. The van der Waals surface area contributed by atoms with Crippen LogP contribution in [0.25, 0.3) is 0 Å². The highest BCUT2D eigenvalue weighted by atomic mass is 16.5. The number of aliphatic carboxylic acids is 1. The molecule has 0 amide bonds. The van der Waals surface area contributed by atoms with Crippen molar-refractivity contribution in [2.24, 2.45) is 5.41 Å². The topological polar surface area (TPSA) is 66.8 Å². The molecule has 14 heavy (non-hydrogen) atoms. The molecule has 1 fully saturated rings. The monoisotopic (exact) mass is 202 g/mol. The average molecular weight is 202 g/mol. The third-order valence-corrected chi connectivity index (χ3v) is 3.19. The van der Waals surface area contributed by atoms with Crippen LogP contribution in [0.3, 0.4) is 0 Å². The summed E-state index contributed by atoms with van der Waals surface area (Å²) in [5.74, 6) is -0.852. The van der Waals surface area contributed by atoms with Crippen molar-refractivity contribution in [2.75, 3.05) is 6.61 Å². The van der Waals surface area contributed by atoms with Crippen LogP contribution in [-0.2, 0) is 9.53 Å². The van der Waals surface area contributed by atoms with Crippen LogP contribution in [-0.4, -0.2) is 35.0 Å². The zero-order chi connectivity index (χ0) is 10.8. The summed E-state index contributed by atoms with van der Waals surface area (Å²) in [6.45, 7) is 4.09. The molecule has 1 rings (SSSR count). The highest BCUT2D eigenvalue weighted by Gasteiger charge is 2.49. The molecule has 0 saturated carbocycles. The van der Waals surface area contributed by atoms with Gasteiger partial charge in [0.2, 0.25) is 0 Å². The molecule has 1 aliphatic heterocycles. The molecule has 4 nitrogen and oxygen atoms in total. The van der Waals surface area contributed by atoms with Crippen LogP contribution in [0.1, 0.15) is 33.1 Å². The number of hydrogen-bond acceptors (Lipinski definition) is 3. The number of carboxylic acid groups (broad SMARTS) is 1. The van der Waals surface area contributed by atoms with Gasteiger partial charge < -0.3 is 14.9 Å². The average Bonchev–Trinajstić information content (AvgIpc) is 2.49. The minimum atomic E-state index is -0.880. The Morgan fingerprint density at radius 2 is 2.36 bits per heavy atom. The fourth-order valence-corrected chi connectivity index (χ4v) is 1.98. The van der Waals surface area contributed by atoms with Gasteiger partial charge >= 0.3 is 5.97 Å². The Hall–Kier alpha value is -0.610. The molecule has 0 aromatic carbocycles. The number of hydrogen-bond donors (Lipinski definition) is 2. The molecular weight excluding hydrogens is 184 g/mol. The van der Waals surface area contributed by atoms with E-state index in [0.29, 0.717) is 25.9 Å². The summed E-state index contributed by atoms with van der Waals surface area (Å²) in [5, 5.41) is 18.7. The van der Waals surface area contributed by atoms with Crippen molar-refractivity contribution < 1.29 is 19.7 Å². The van der Waals surface area contributed by atoms with E-state index < -0.39 is 17.5 Å². The van der Waals surface area contributed by atoms with Gasteiger partial charge in [0.05, 0.1) is 17.6 Å². The first-order chi connectivity index (χ1) is 6.53. The van der Waals surface area contributed by atoms with E-state index in [1.807, 2.05) is 6.92 Å². The van der Waals surface area contributed by atoms with E-state index in [1.54, 1.807) is 6.92 Å². The molecule has 1 aliphatic rings. The van der Waals surface area contributed by atoms with E-state index in [2.05, 4.69) is 0 Å². The molecule has 0 aliphatic carbocycles. The van der Waals surface area contributed by atoms with Gasteiger partial charge in [0, 0.05) is 6.61 Å². The first-order valence-electron chi connectivity index (χ1n) is 5.06. The predicted molar refractivity (Wildman–Crippen MR) is 51.0 cm³/mol. The minimum Gasteiger partial charge on any atom is -0.481 e. The molecule has 4 heteroatoms. The van der Waals surface area contributed by atoms with E-state index in [-0.39, 0.29) is 6.10 Å². The van der Waals surface area contributed by atoms with Crippen LogP contribution < -0.4 is 0 Å². The summed E-state index contributed by atoms with van der Waals surface area (Å²) >= 11 is 0. The van der Waals surface area contributed by atoms with Gasteiger partial charge in [-0.3, -0.25) is 4.79 Å². The summed E-state index contributed by atoms with van der Waals surface area (Å²) in [6.07, 6.45) is 0.527. The van der Waals surface area contributed by atoms with Crippen LogP contribution in [0.5, 0.6) is 0 Å². The summed E-state index contributed by atoms with van der Waals surface area (Å²) in [4.78, 5) is 11.2. The molecule has 0 spiro atoms. The van der Waals surface area contributed by atoms with Gasteiger partial charge in [0.25, 0.3) is 0 Å². The van der Waals surface area contributed by atoms with Gasteiger partial charge in [-0.2, -0.15) is 0 Å². The van der Waals surface area contributed by atoms with Crippen molar-refractivity contribution in [1.29, 1.82) is 0 Å². The van der Waals surface area contributed by atoms with Gasteiger partial charge in [0.1, 0.15) is 0 Å². The first-order valence-corrected chi connectivity index (χ1v) is 5.06. The third kappa shape index (κ3) is 1.91. The number of carbonyl (C=O) groups is 1. The fourth-order valence-electron chi connectivity index (χ4n) is 1.98. The zero-order valence-corrected chi connectivity index (χ0v) is 8.69. The Bertz CT molecular complexity index is 216. The lowest BCUT2D eigenvalue weighted by Gasteiger charge is -2.29. The predicted octanol–water partition coefficient (Wildman–Crippen LogP) is 1.03. The van der Waals surface area contributed by atoms with Crippen molar-refractivity contribution in [3.63, 3.8) is 0 Å². The van der Waals surface area contributed by atoms with E-state index in [9.17, 15) is 15.0 Å². The molecule has 1 heterocycles. The lowest BCUT2D eigenvalue weighted by molar-refractivity contribution is -0.154. The maximum atomic E-state index is 11.2. The van der Waals surface area contributed by atoms with Gasteiger partial charge in [-0.15, -0.1) is 0 Å². The van der Waals surface area contributed by atoms with Crippen LogP contribution in [0.4, 0.5) is 0 Å². The third-order valence-electron chi connectivity index (χ3n) is 3.19. The number of aliphatic hydroxyl groups is 1. The van der Waals surface area contributed by atoms with Gasteiger partial charge in [-0.1, -0.05) is 6.92 Å². The molecule has 82 valence electrons. The SMILES string of the molecule is CCC(O)CC1(C(=O)O)CCOC1C. The molecule has 1 saturated heterocycles. The van der Waals surface area contributed by atoms with Crippen LogP contribution in [0.15, 0.2) is 0 Å². The Balaban J connectivity index is 2.77. The van der Waals surface area contributed by atoms with Gasteiger partial charge in [-0.25, -0.2) is 0 Å². The summed E-state index contributed by atoms with van der Waals surface area (Å²) in [6, 6.07) is 0. The molecule has 2 N–H and O–H groups in total. The lowest BCUT2D eigenvalue weighted by atomic mass is 9.76. The quantitative estimate of drug-likeness (QED) is 0.714. The maximum Gasteiger partial charge on any atom is 0.312 e. The largest absolute Gasteiger partial charge is 0.481 e. The highest BCUT2D eigenvalue weighted by molar-refractivity contribution is 5.75. The molecule has 3 unspecified atom stereocenters. The molecular formula is C10H18O4. The van der Waals surface area contributed by atoms with Crippen LogP contribution in [0, 0.1) is 5.41 Å². The van der Waals surface area contributed by atoms with Gasteiger partial charge in [-0.05, 0) is 26.2 Å². The molecule has 3 atom stereocenters. The first kappa shape index (κ1) is 11.5. The highest BCUT2D eigenvalue weighted by Crippen LogP contribution is 2.39. The fraction of sp³-hybridized carbons (Fsp3) is 0.900. The van der Waals surface area contributed by atoms with Crippen molar-refractivity contribution in [2.45, 2.75) is 45.3 Å². The summed E-state index contributed by atoms with van der Waals surface area (Å²) in [7, 11) is 0. The number of carboxylic acids is 1. The number of aliphatic hydroxyl groups excluding tert-OH is 1. The van der Waals surface area contributed by atoms with Crippen LogP contribution >= 0.6 is 0 Å². The second kappa shape index (κ2) is 4.28. The van der Waals surface area contributed by atoms with Crippen molar-refractivity contribution in [3.8, 4) is 0 Å². The van der Waals surface area contributed by atoms with Crippen molar-refractivity contribution >= 4 is 5.97 Å². The van der Waals surface area contributed by atoms with E-state index in [0.717, 1.165) is 0 Å². The second-order valence-corrected chi connectivity index (χ2v) is 3.99. The standard InChI is InChI=1S/C10H18O4/c1-3-8(11)6-10(9(12)13)4-5-14-7(10)2/h7-8,11H,3-6H2,1-2H3,(H,12,13). The molecule has 0 aromatic heterocycles. The number of rotatable bonds is 4. The van der Waals surface area contributed by atoms with E-state index in [4.69, 9.17) is 4.74 Å². The van der Waals surface area contributed by atoms with Gasteiger partial charge in [0.15, 0.2) is 0 Å². The number of ether oxygens (including phenoxy) is 1. The van der Waals surface area contributed by atoms with Crippen LogP contribution in [0.2, 0.25) is 0 Å².